The third-order valence-electron chi connectivity index (χ3n) is 3.86. The Morgan fingerprint density at radius 2 is 1.90 bits per heavy atom. The van der Waals surface area contributed by atoms with Gasteiger partial charge >= 0.3 is 0 Å². The number of halogens is 1. The summed E-state index contributed by atoms with van der Waals surface area (Å²) in [7, 11) is 3.08. The van der Waals surface area contributed by atoms with Crippen molar-refractivity contribution in [1.82, 2.24) is 5.43 Å². The number of carbonyl (C=O) groups excluding carboxylic acids is 1. The number of benzene rings is 2. The number of carbonyl (C=O) groups is 1. The predicted octanol–water partition coefficient (Wildman–Crippen LogP) is 4.58. The number of amides is 1. The van der Waals surface area contributed by atoms with Gasteiger partial charge < -0.3 is 18.9 Å². The summed E-state index contributed by atoms with van der Waals surface area (Å²) >= 11 is 3.45. The second-order valence-corrected chi connectivity index (χ2v) is 6.90. The number of methoxy groups -OCH3 is 2. The van der Waals surface area contributed by atoms with Gasteiger partial charge in [-0.25, -0.2) is 5.43 Å². The second kappa shape index (κ2) is 11.9. The average Bonchev–Trinajstić information content (AvgIpc) is 2.76. The van der Waals surface area contributed by atoms with Crippen LogP contribution in [0.1, 0.15) is 29.3 Å². The van der Waals surface area contributed by atoms with E-state index in [0.717, 1.165) is 6.42 Å². The Labute approximate surface area is 184 Å². The molecule has 0 heterocycles. The molecule has 2 aromatic carbocycles. The van der Waals surface area contributed by atoms with Crippen molar-refractivity contribution in [2.45, 2.75) is 13.3 Å². The molecule has 0 atom stereocenters. The minimum absolute atomic E-state index is 0.351. The monoisotopic (exact) mass is 476 g/mol. The summed E-state index contributed by atoms with van der Waals surface area (Å²) in [6.45, 7) is 6.57. The van der Waals surface area contributed by atoms with Crippen molar-refractivity contribution in [3.05, 3.63) is 58.6 Å². The van der Waals surface area contributed by atoms with Crippen LogP contribution in [0.15, 0.2) is 52.6 Å². The van der Waals surface area contributed by atoms with Crippen LogP contribution in [-0.4, -0.2) is 39.6 Å². The van der Waals surface area contributed by atoms with Crippen molar-refractivity contribution in [1.29, 1.82) is 0 Å². The van der Waals surface area contributed by atoms with E-state index < -0.39 is 0 Å². The molecule has 0 aromatic heterocycles. The van der Waals surface area contributed by atoms with Crippen molar-refractivity contribution in [3.8, 4) is 23.0 Å². The maximum atomic E-state index is 12.4. The quantitative estimate of drug-likeness (QED) is 0.291. The van der Waals surface area contributed by atoms with Gasteiger partial charge in [0.25, 0.3) is 5.91 Å². The largest absolute Gasteiger partial charge is 0.493 e. The molecule has 0 aliphatic rings. The number of nitrogens with zero attached hydrogens (tertiary/aromatic N) is 1. The molecule has 7 nitrogen and oxygen atoms in total. The smallest absolute Gasteiger partial charge is 0.271 e. The Balaban J connectivity index is 2.10. The van der Waals surface area contributed by atoms with Crippen LogP contribution < -0.4 is 24.4 Å². The molecule has 160 valence electrons. The minimum atomic E-state index is -0.372. The SMILES string of the molecule is C=CCOc1c(Br)cc(/C=N/NC(=O)c2ccc(OCCC)c(OC)c2)cc1OC. The minimum Gasteiger partial charge on any atom is -0.493 e. The first-order valence-electron chi connectivity index (χ1n) is 9.29. The standard InChI is InChI=1S/C22H25BrN2O5/c1-5-9-29-18-8-7-16(13-19(18)27-3)22(26)25-24-14-15-11-17(23)21(30-10-6-2)20(12-15)28-4/h6-8,11-14H,2,5,9-10H2,1,3-4H3,(H,25,26)/b24-14+. The molecule has 0 aliphatic carbocycles. The summed E-state index contributed by atoms with van der Waals surface area (Å²) in [5.74, 6) is 1.81. The lowest BCUT2D eigenvalue weighted by Gasteiger charge is -2.12. The highest BCUT2D eigenvalue weighted by atomic mass is 79.9. The van der Waals surface area contributed by atoms with Gasteiger partial charge in [0.1, 0.15) is 6.61 Å². The molecule has 0 bridgehead atoms. The molecule has 0 fully saturated rings. The van der Waals surface area contributed by atoms with E-state index in [1.54, 1.807) is 43.5 Å². The number of hydrazone groups is 1. The molecule has 1 amide bonds. The van der Waals surface area contributed by atoms with Gasteiger partial charge in [-0.3, -0.25) is 4.79 Å². The van der Waals surface area contributed by atoms with E-state index in [1.807, 2.05) is 6.92 Å². The number of nitrogens with one attached hydrogen (secondary N) is 1. The first-order valence-corrected chi connectivity index (χ1v) is 10.1. The van der Waals surface area contributed by atoms with Crippen LogP contribution in [0, 0.1) is 0 Å². The van der Waals surface area contributed by atoms with Gasteiger partial charge in [-0.05, 0) is 58.2 Å². The predicted molar refractivity (Wildman–Crippen MR) is 120 cm³/mol. The first-order chi connectivity index (χ1) is 14.5. The fourth-order valence-corrected chi connectivity index (χ4v) is 3.04. The van der Waals surface area contributed by atoms with Crippen LogP contribution in [0.5, 0.6) is 23.0 Å². The van der Waals surface area contributed by atoms with E-state index in [-0.39, 0.29) is 5.91 Å². The van der Waals surface area contributed by atoms with Gasteiger partial charge in [0.05, 0.1) is 31.5 Å². The molecular weight excluding hydrogens is 452 g/mol. The number of rotatable bonds is 11. The van der Waals surface area contributed by atoms with E-state index in [9.17, 15) is 4.79 Å². The molecule has 8 heteroatoms. The Morgan fingerprint density at radius 3 is 2.57 bits per heavy atom. The average molecular weight is 477 g/mol. The zero-order valence-electron chi connectivity index (χ0n) is 17.2. The molecule has 0 unspecified atom stereocenters. The third kappa shape index (κ3) is 6.25. The number of hydrogen-bond donors (Lipinski definition) is 1. The molecule has 2 aromatic rings. The van der Waals surface area contributed by atoms with Crippen LogP contribution in [0.3, 0.4) is 0 Å². The van der Waals surface area contributed by atoms with E-state index in [0.29, 0.717) is 51.8 Å². The number of ether oxygens (including phenoxy) is 4. The highest BCUT2D eigenvalue weighted by Gasteiger charge is 2.12. The second-order valence-electron chi connectivity index (χ2n) is 6.05. The van der Waals surface area contributed by atoms with Crippen LogP contribution in [0.2, 0.25) is 0 Å². The summed E-state index contributed by atoms with van der Waals surface area (Å²) < 4.78 is 22.6. The van der Waals surface area contributed by atoms with Gasteiger partial charge in [0.2, 0.25) is 0 Å². The molecular formula is C22H25BrN2O5. The molecule has 0 aliphatic heterocycles. The zero-order valence-corrected chi connectivity index (χ0v) is 18.8. The first kappa shape index (κ1) is 23.3. The lowest BCUT2D eigenvalue weighted by atomic mass is 10.2. The molecule has 0 saturated carbocycles. The van der Waals surface area contributed by atoms with Crippen LogP contribution >= 0.6 is 15.9 Å². The normalized spacial score (nSPS) is 10.5. The van der Waals surface area contributed by atoms with Crippen molar-refractivity contribution in [2.75, 3.05) is 27.4 Å². The van der Waals surface area contributed by atoms with Crippen molar-refractivity contribution in [2.24, 2.45) is 5.10 Å². The fourth-order valence-electron chi connectivity index (χ4n) is 2.47. The van der Waals surface area contributed by atoms with Gasteiger partial charge in [0, 0.05) is 5.56 Å². The maximum absolute atomic E-state index is 12.4. The highest BCUT2D eigenvalue weighted by molar-refractivity contribution is 9.10. The van der Waals surface area contributed by atoms with Gasteiger partial charge in [-0.15, -0.1) is 0 Å². The molecule has 0 saturated heterocycles. The molecule has 0 spiro atoms. The molecule has 1 N–H and O–H groups in total. The summed E-state index contributed by atoms with van der Waals surface area (Å²) in [6.07, 6.45) is 4.04. The summed E-state index contributed by atoms with van der Waals surface area (Å²) in [4.78, 5) is 12.4. The van der Waals surface area contributed by atoms with E-state index >= 15 is 0 Å². The lowest BCUT2D eigenvalue weighted by Crippen LogP contribution is -2.17. The Kier molecular flexibility index (Phi) is 9.21. The highest BCUT2D eigenvalue weighted by Crippen LogP contribution is 2.36. The third-order valence-corrected chi connectivity index (χ3v) is 4.45. The van der Waals surface area contributed by atoms with Gasteiger partial charge in [-0.1, -0.05) is 19.6 Å². The lowest BCUT2D eigenvalue weighted by molar-refractivity contribution is 0.0954. The van der Waals surface area contributed by atoms with Gasteiger partial charge in [0.15, 0.2) is 23.0 Å². The van der Waals surface area contributed by atoms with Crippen LogP contribution in [0.4, 0.5) is 0 Å². The Bertz CT molecular complexity index is 915. The zero-order chi connectivity index (χ0) is 21.9. The fraction of sp³-hybridized carbons (Fsp3) is 0.273. The Hall–Kier alpha value is -3.00. The molecule has 2 rings (SSSR count). The maximum Gasteiger partial charge on any atom is 0.271 e. The van der Waals surface area contributed by atoms with Crippen molar-refractivity contribution in [3.63, 3.8) is 0 Å². The van der Waals surface area contributed by atoms with Crippen molar-refractivity contribution < 1.29 is 23.7 Å². The van der Waals surface area contributed by atoms with Crippen LogP contribution in [0.25, 0.3) is 0 Å². The summed E-state index contributed by atoms with van der Waals surface area (Å²) in [5, 5.41) is 4.02. The molecule has 30 heavy (non-hydrogen) atoms. The summed E-state index contributed by atoms with van der Waals surface area (Å²) in [5.41, 5.74) is 3.62. The van der Waals surface area contributed by atoms with E-state index in [1.165, 1.54) is 13.3 Å². The molecule has 0 radical (unpaired) electrons. The van der Waals surface area contributed by atoms with E-state index in [2.05, 4.69) is 33.0 Å². The van der Waals surface area contributed by atoms with Crippen molar-refractivity contribution >= 4 is 28.1 Å². The summed E-state index contributed by atoms with van der Waals surface area (Å²) in [6, 6.07) is 8.53. The van der Waals surface area contributed by atoms with Crippen LogP contribution in [-0.2, 0) is 0 Å². The van der Waals surface area contributed by atoms with Gasteiger partial charge in [-0.2, -0.15) is 5.10 Å². The topological polar surface area (TPSA) is 78.4 Å². The number of hydrogen-bond acceptors (Lipinski definition) is 6. The Morgan fingerprint density at radius 1 is 1.13 bits per heavy atom. The van der Waals surface area contributed by atoms with E-state index in [4.69, 9.17) is 18.9 Å².